The molecule has 3 nitrogen and oxygen atoms in total. The Hall–Kier alpha value is 0.150. The molecule has 0 aliphatic rings. The molecule has 0 spiro atoms. The quantitative estimate of drug-likeness (QED) is 0.179. The Balaban J connectivity index is 3.49. The van der Waals surface area contributed by atoms with Gasteiger partial charge in [0, 0.05) is 0 Å². The van der Waals surface area contributed by atoms with Crippen LogP contribution in [0.15, 0.2) is 0 Å². The van der Waals surface area contributed by atoms with E-state index in [2.05, 4.69) is 27.7 Å². The maximum atomic E-state index is 11.7. The predicted molar refractivity (Wildman–Crippen MR) is 119 cm³/mol. The van der Waals surface area contributed by atoms with Crippen LogP contribution in [0.5, 0.6) is 0 Å². The summed E-state index contributed by atoms with van der Waals surface area (Å²) < 4.78 is 11.7. The molecule has 2 N–H and O–H groups in total. The highest BCUT2D eigenvalue weighted by molar-refractivity contribution is 7.52. The average Bonchev–Trinajstić information content (AvgIpc) is 2.55. The molecule has 4 heteroatoms. The van der Waals surface area contributed by atoms with Crippen molar-refractivity contribution in [3.8, 4) is 0 Å². The summed E-state index contributed by atoms with van der Waals surface area (Å²) in [4.78, 5) is 19.1. The van der Waals surface area contributed by atoms with E-state index >= 15 is 0 Å². The van der Waals surface area contributed by atoms with Gasteiger partial charge in [-0.15, -0.1) is 0 Å². The second-order valence-corrected chi connectivity index (χ2v) is 11.7. The van der Waals surface area contributed by atoms with E-state index in [0.717, 1.165) is 12.8 Å². The summed E-state index contributed by atoms with van der Waals surface area (Å²) in [6.07, 6.45) is 21.1. The Bertz CT molecular complexity index is 370. The van der Waals surface area contributed by atoms with Gasteiger partial charge in [0.05, 0.1) is 5.66 Å². The van der Waals surface area contributed by atoms with E-state index in [1.54, 1.807) is 0 Å². The van der Waals surface area contributed by atoms with Gasteiger partial charge in [-0.05, 0) is 18.3 Å². The molecule has 0 bridgehead atoms. The van der Waals surface area contributed by atoms with Crippen molar-refractivity contribution in [2.24, 2.45) is 5.41 Å². The molecular formula is C23H49O3P. The Labute approximate surface area is 170 Å². The molecule has 0 aromatic carbocycles. The van der Waals surface area contributed by atoms with E-state index < -0.39 is 13.3 Å². The molecule has 164 valence electrons. The Morgan fingerprint density at radius 1 is 0.667 bits per heavy atom. The summed E-state index contributed by atoms with van der Waals surface area (Å²) in [5.74, 6) is 0. The Morgan fingerprint density at radius 2 is 1.00 bits per heavy atom. The molecule has 0 heterocycles. The van der Waals surface area contributed by atoms with E-state index in [-0.39, 0.29) is 5.41 Å². The van der Waals surface area contributed by atoms with Gasteiger partial charge in [0.2, 0.25) is 0 Å². The topological polar surface area (TPSA) is 57.5 Å². The Morgan fingerprint density at radius 3 is 1.30 bits per heavy atom. The van der Waals surface area contributed by atoms with E-state index in [1.807, 2.05) is 0 Å². The SMILES string of the molecule is CCCCCCCCCCCCCCCCCC(CC(C)(C)C)P(=O)(O)O. The summed E-state index contributed by atoms with van der Waals surface area (Å²) in [7, 11) is -3.96. The number of unbranched alkanes of at least 4 members (excludes halogenated alkanes) is 14. The van der Waals surface area contributed by atoms with Gasteiger partial charge in [-0.3, -0.25) is 4.57 Å². The van der Waals surface area contributed by atoms with Gasteiger partial charge in [0.15, 0.2) is 0 Å². The summed E-state index contributed by atoms with van der Waals surface area (Å²) in [5, 5.41) is 0. The van der Waals surface area contributed by atoms with Crippen molar-refractivity contribution in [1.29, 1.82) is 0 Å². The molecule has 1 unspecified atom stereocenters. The van der Waals surface area contributed by atoms with Crippen molar-refractivity contribution < 1.29 is 14.4 Å². The molecular weight excluding hydrogens is 355 g/mol. The number of rotatable bonds is 18. The first-order valence-corrected chi connectivity index (χ1v) is 13.4. The van der Waals surface area contributed by atoms with Crippen LogP contribution in [0.25, 0.3) is 0 Å². The minimum atomic E-state index is -3.96. The highest BCUT2D eigenvalue weighted by Gasteiger charge is 2.31. The third kappa shape index (κ3) is 19.2. The molecule has 0 aromatic heterocycles. The molecule has 0 aliphatic carbocycles. The zero-order chi connectivity index (χ0) is 20.6. The zero-order valence-electron chi connectivity index (χ0n) is 18.8. The monoisotopic (exact) mass is 404 g/mol. The predicted octanol–water partition coefficient (Wildman–Crippen LogP) is 8.23. The van der Waals surface area contributed by atoms with Crippen molar-refractivity contribution in [1.82, 2.24) is 0 Å². The third-order valence-corrected chi connectivity index (χ3v) is 6.86. The smallest absolute Gasteiger partial charge is 0.324 e. The fourth-order valence-corrected chi connectivity index (χ4v) is 5.15. The lowest BCUT2D eigenvalue weighted by atomic mass is 9.89. The van der Waals surface area contributed by atoms with Crippen LogP contribution in [0.3, 0.4) is 0 Å². The maximum Gasteiger partial charge on any atom is 0.328 e. The van der Waals surface area contributed by atoms with Crippen molar-refractivity contribution in [3.05, 3.63) is 0 Å². The fraction of sp³-hybridized carbons (Fsp3) is 1.00. The minimum absolute atomic E-state index is 0.0265. The summed E-state index contributed by atoms with van der Waals surface area (Å²) >= 11 is 0. The second-order valence-electron chi connectivity index (χ2n) is 9.75. The minimum Gasteiger partial charge on any atom is -0.324 e. The normalized spacial score (nSPS) is 13.9. The van der Waals surface area contributed by atoms with Gasteiger partial charge >= 0.3 is 7.60 Å². The van der Waals surface area contributed by atoms with E-state index in [0.29, 0.717) is 12.8 Å². The van der Waals surface area contributed by atoms with E-state index in [9.17, 15) is 14.4 Å². The first kappa shape index (κ1) is 27.1. The van der Waals surface area contributed by atoms with Gasteiger partial charge in [0.25, 0.3) is 0 Å². The van der Waals surface area contributed by atoms with Crippen LogP contribution in [-0.2, 0) is 4.57 Å². The largest absolute Gasteiger partial charge is 0.328 e. The molecule has 0 aliphatic heterocycles. The van der Waals surface area contributed by atoms with Crippen molar-refractivity contribution in [2.45, 2.75) is 143 Å². The molecule has 0 rings (SSSR count). The van der Waals surface area contributed by atoms with Gasteiger partial charge in [-0.25, -0.2) is 0 Å². The molecule has 0 radical (unpaired) electrons. The van der Waals surface area contributed by atoms with Crippen LogP contribution in [-0.4, -0.2) is 15.4 Å². The van der Waals surface area contributed by atoms with Crippen LogP contribution >= 0.6 is 7.60 Å². The highest BCUT2D eigenvalue weighted by atomic mass is 31.2. The highest BCUT2D eigenvalue weighted by Crippen LogP contribution is 2.48. The molecule has 0 aromatic rings. The molecule has 1 atom stereocenters. The van der Waals surface area contributed by atoms with Crippen LogP contribution in [0.2, 0.25) is 0 Å². The molecule has 0 saturated heterocycles. The first-order chi connectivity index (χ1) is 12.7. The van der Waals surface area contributed by atoms with Gasteiger partial charge in [-0.2, -0.15) is 0 Å². The van der Waals surface area contributed by atoms with E-state index in [1.165, 1.54) is 83.5 Å². The van der Waals surface area contributed by atoms with Crippen LogP contribution in [0.4, 0.5) is 0 Å². The van der Waals surface area contributed by atoms with Crippen LogP contribution < -0.4 is 0 Å². The first-order valence-electron chi connectivity index (χ1n) is 11.7. The average molecular weight is 405 g/mol. The second kappa shape index (κ2) is 16.0. The lowest BCUT2D eigenvalue weighted by Gasteiger charge is -2.26. The zero-order valence-corrected chi connectivity index (χ0v) is 19.7. The summed E-state index contributed by atoms with van der Waals surface area (Å²) in [5.41, 5.74) is -0.485. The maximum absolute atomic E-state index is 11.7. The van der Waals surface area contributed by atoms with Gasteiger partial charge in [0.1, 0.15) is 0 Å². The molecule has 27 heavy (non-hydrogen) atoms. The van der Waals surface area contributed by atoms with Gasteiger partial charge < -0.3 is 9.79 Å². The summed E-state index contributed by atoms with van der Waals surface area (Å²) in [6.45, 7) is 8.44. The number of hydrogen-bond acceptors (Lipinski definition) is 1. The summed E-state index contributed by atoms with van der Waals surface area (Å²) in [6, 6.07) is 0. The third-order valence-electron chi connectivity index (χ3n) is 5.46. The fourth-order valence-electron chi connectivity index (χ4n) is 3.85. The van der Waals surface area contributed by atoms with Crippen LogP contribution in [0, 0.1) is 5.41 Å². The lowest BCUT2D eigenvalue weighted by molar-refractivity contribution is 0.303. The molecule has 0 saturated carbocycles. The standard InChI is InChI=1S/C23H49O3P/c1-5-6-7-8-9-10-11-12-13-14-15-16-17-18-19-20-22(27(24,25)26)21-23(2,3)4/h22H,5-21H2,1-4H3,(H2,24,25,26). The van der Waals surface area contributed by atoms with Crippen molar-refractivity contribution in [2.75, 3.05) is 0 Å². The molecule has 0 fully saturated rings. The van der Waals surface area contributed by atoms with Gasteiger partial charge in [-0.1, -0.05) is 124 Å². The van der Waals surface area contributed by atoms with E-state index in [4.69, 9.17) is 0 Å². The van der Waals surface area contributed by atoms with Crippen LogP contribution in [0.1, 0.15) is 137 Å². The van der Waals surface area contributed by atoms with Crippen molar-refractivity contribution >= 4 is 7.60 Å². The Kier molecular flexibility index (Phi) is 16.1. The molecule has 0 amide bonds. The number of hydrogen-bond donors (Lipinski definition) is 2. The lowest BCUT2D eigenvalue weighted by Crippen LogP contribution is -2.18. The van der Waals surface area contributed by atoms with Crippen molar-refractivity contribution in [3.63, 3.8) is 0 Å².